The van der Waals surface area contributed by atoms with Crippen LogP contribution in [0.1, 0.15) is 0 Å². The van der Waals surface area contributed by atoms with E-state index in [4.69, 9.17) is 9.47 Å². The summed E-state index contributed by atoms with van der Waals surface area (Å²) in [7, 11) is 0. The Morgan fingerprint density at radius 3 is 2.79 bits per heavy atom. The lowest BCUT2D eigenvalue weighted by atomic mass is 10.2. The Labute approximate surface area is 145 Å². The zero-order chi connectivity index (χ0) is 15.9. The number of hydrogen-bond donors (Lipinski definition) is 0. The largest absolute Gasteiger partial charge is 0.454 e. The molecule has 24 heavy (non-hydrogen) atoms. The Bertz CT molecular complexity index is 1030. The second-order valence-electron chi connectivity index (χ2n) is 5.20. The van der Waals surface area contributed by atoms with E-state index in [9.17, 15) is 0 Å². The first-order valence-corrected chi connectivity index (χ1v) is 9.04. The molecule has 0 saturated carbocycles. The number of aromatic nitrogens is 3. The minimum atomic E-state index is 0.279. The van der Waals surface area contributed by atoms with Gasteiger partial charge in [0.05, 0.1) is 5.69 Å². The highest BCUT2D eigenvalue weighted by molar-refractivity contribution is 7.99. The molecule has 0 aliphatic carbocycles. The third-order valence-corrected chi connectivity index (χ3v) is 5.50. The van der Waals surface area contributed by atoms with Crippen LogP contribution >= 0.6 is 23.1 Å². The number of hydrogen-bond acceptors (Lipinski definition) is 6. The van der Waals surface area contributed by atoms with Gasteiger partial charge in [0.2, 0.25) is 16.9 Å². The minimum absolute atomic E-state index is 0.279. The molecular formula is C17H11N3O2S2. The van der Waals surface area contributed by atoms with Crippen LogP contribution in [0, 0.1) is 0 Å². The Balaban J connectivity index is 1.57. The van der Waals surface area contributed by atoms with Gasteiger partial charge in [0.1, 0.15) is 0 Å². The topological polar surface area (TPSA) is 48.7 Å². The first kappa shape index (κ1) is 13.9. The molecule has 5 rings (SSSR count). The number of thiazole rings is 1. The molecule has 118 valence electrons. The lowest BCUT2D eigenvalue weighted by molar-refractivity contribution is 0.174. The van der Waals surface area contributed by atoms with E-state index in [0.29, 0.717) is 0 Å². The molecule has 3 heterocycles. The smallest absolute Gasteiger partial charge is 0.231 e. The van der Waals surface area contributed by atoms with Gasteiger partial charge in [0, 0.05) is 10.3 Å². The van der Waals surface area contributed by atoms with Gasteiger partial charge < -0.3 is 9.47 Å². The molecule has 0 atom stereocenters. The molecule has 7 heteroatoms. The van der Waals surface area contributed by atoms with Crippen molar-refractivity contribution in [3.63, 3.8) is 0 Å². The number of nitrogens with zero attached hydrogens (tertiary/aromatic N) is 3. The van der Waals surface area contributed by atoms with Crippen molar-refractivity contribution in [2.75, 3.05) is 6.79 Å². The molecule has 2 aromatic carbocycles. The van der Waals surface area contributed by atoms with Gasteiger partial charge >= 0.3 is 0 Å². The lowest BCUT2D eigenvalue weighted by Crippen LogP contribution is -1.92. The van der Waals surface area contributed by atoms with E-state index in [1.165, 1.54) is 0 Å². The number of ether oxygens (including phenoxy) is 2. The van der Waals surface area contributed by atoms with Crippen molar-refractivity contribution in [2.24, 2.45) is 0 Å². The van der Waals surface area contributed by atoms with E-state index in [2.05, 4.69) is 32.1 Å². The van der Waals surface area contributed by atoms with Crippen LogP contribution in [0.25, 0.3) is 16.2 Å². The summed E-state index contributed by atoms with van der Waals surface area (Å²) in [5.74, 6) is 1.56. The molecule has 0 unspecified atom stereocenters. The van der Waals surface area contributed by atoms with Crippen LogP contribution in [-0.2, 0) is 0 Å². The van der Waals surface area contributed by atoms with Crippen molar-refractivity contribution in [1.82, 2.24) is 14.6 Å². The third kappa shape index (κ3) is 2.24. The van der Waals surface area contributed by atoms with Crippen LogP contribution in [0.15, 0.2) is 64.0 Å². The summed E-state index contributed by atoms with van der Waals surface area (Å²) in [6.07, 6.45) is 0. The van der Waals surface area contributed by atoms with E-state index < -0.39 is 0 Å². The Kier molecular flexibility index (Phi) is 3.20. The Hall–Kier alpha value is -2.51. The SMILES string of the molecule is c1ccc(-c2csc3nnc(Sc4ccc5c(c4)OCO5)n23)cc1. The summed E-state index contributed by atoms with van der Waals surface area (Å²) < 4.78 is 12.9. The fourth-order valence-corrected chi connectivity index (χ4v) is 4.38. The fraction of sp³-hybridized carbons (Fsp3) is 0.0588. The van der Waals surface area contributed by atoms with Gasteiger partial charge in [0.25, 0.3) is 0 Å². The van der Waals surface area contributed by atoms with Crippen LogP contribution < -0.4 is 9.47 Å². The van der Waals surface area contributed by atoms with E-state index >= 15 is 0 Å². The number of benzene rings is 2. The first-order chi connectivity index (χ1) is 11.9. The van der Waals surface area contributed by atoms with Gasteiger partial charge in [0.15, 0.2) is 11.5 Å². The summed E-state index contributed by atoms with van der Waals surface area (Å²) in [6, 6.07) is 16.2. The number of rotatable bonds is 3. The van der Waals surface area contributed by atoms with E-state index in [1.807, 2.05) is 36.4 Å². The summed E-state index contributed by atoms with van der Waals surface area (Å²) >= 11 is 3.16. The van der Waals surface area contributed by atoms with Gasteiger partial charge in [-0.3, -0.25) is 4.40 Å². The third-order valence-electron chi connectivity index (χ3n) is 3.74. The molecule has 0 spiro atoms. The standard InChI is InChI=1S/C17H11N3O2S2/c1-2-4-11(5-3-1)13-9-23-16-18-19-17(20(13)16)24-12-6-7-14-15(8-12)22-10-21-14/h1-9H,10H2. The maximum Gasteiger partial charge on any atom is 0.231 e. The molecule has 0 amide bonds. The van der Waals surface area contributed by atoms with Gasteiger partial charge in [-0.2, -0.15) is 0 Å². The van der Waals surface area contributed by atoms with Gasteiger partial charge in [-0.1, -0.05) is 30.3 Å². The second-order valence-corrected chi connectivity index (χ2v) is 7.08. The normalized spacial score (nSPS) is 12.8. The van der Waals surface area contributed by atoms with Crippen molar-refractivity contribution < 1.29 is 9.47 Å². The maximum absolute atomic E-state index is 5.45. The average Bonchev–Trinajstić information content (AvgIpc) is 3.32. The number of fused-ring (bicyclic) bond motifs is 2. The van der Waals surface area contributed by atoms with Crippen LogP contribution in [0.4, 0.5) is 0 Å². The molecule has 0 radical (unpaired) electrons. The molecule has 1 aliphatic heterocycles. The molecule has 0 N–H and O–H groups in total. The molecule has 5 nitrogen and oxygen atoms in total. The highest BCUT2D eigenvalue weighted by Crippen LogP contribution is 2.38. The van der Waals surface area contributed by atoms with Crippen molar-refractivity contribution >= 4 is 28.1 Å². The summed E-state index contributed by atoms with van der Waals surface area (Å²) in [5.41, 5.74) is 2.25. The molecule has 0 bridgehead atoms. The fourth-order valence-electron chi connectivity index (χ4n) is 2.62. The predicted molar refractivity (Wildman–Crippen MR) is 93.0 cm³/mol. The Morgan fingerprint density at radius 1 is 1.00 bits per heavy atom. The van der Waals surface area contributed by atoms with Gasteiger partial charge in [-0.15, -0.1) is 21.5 Å². The predicted octanol–water partition coefficient (Wildman–Crippen LogP) is 4.34. The average molecular weight is 353 g/mol. The second kappa shape index (κ2) is 5.54. The lowest BCUT2D eigenvalue weighted by Gasteiger charge is -2.04. The molecule has 1 aliphatic rings. The minimum Gasteiger partial charge on any atom is -0.454 e. The summed E-state index contributed by atoms with van der Waals surface area (Å²) in [5, 5.41) is 11.6. The summed E-state index contributed by atoms with van der Waals surface area (Å²) in [6.45, 7) is 0.279. The molecular weight excluding hydrogens is 342 g/mol. The Morgan fingerprint density at radius 2 is 1.88 bits per heavy atom. The van der Waals surface area contributed by atoms with Crippen molar-refractivity contribution in [3.8, 4) is 22.8 Å². The molecule has 2 aromatic heterocycles. The molecule has 0 saturated heterocycles. The van der Waals surface area contributed by atoms with E-state index in [1.54, 1.807) is 23.1 Å². The quantitative estimate of drug-likeness (QED) is 0.548. The zero-order valence-electron chi connectivity index (χ0n) is 12.4. The molecule has 0 fully saturated rings. The van der Waals surface area contributed by atoms with Crippen molar-refractivity contribution in [2.45, 2.75) is 10.1 Å². The zero-order valence-corrected chi connectivity index (χ0v) is 14.0. The van der Waals surface area contributed by atoms with Crippen LogP contribution in [0.3, 0.4) is 0 Å². The van der Waals surface area contributed by atoms with Crippen LogP contribution in [0.5, 0.6) is 11.5 Å². The highest BCUT2D eigenvalue weighted by Gasteiger charge is 2.17. The maximum atomic E-state index is 5.45. The first-order valence-electron chi connectivity index (χ1n) is 7.34. The van der Waals surface area contributed by atoms with E-state index in [0.717, 1.165) is 37.8 Å². The van der Waals surface area contributed by atoms with Gasteiger partial charge in [-0.25, -0.2) is 0 Å². The molecule has 4 aromatic rings. The highest BCUT2D eigenvalue weighted by atomic mass is 32.2. The monoisotopic (exact) mass is 353 g/mol. The van der Waals surface area contributed by atoms with Crippen LogP contribution in [-0.4, -0.2) is 21.4 Å². The van der Waals surface area contributed by atoms with Crippen LogP contribution in [0.2, 0.25) is 0 Å². The summed E-state index contributed by atoms with van der Waals surface area (Å²) in [4.78, 5) is 1.93. The van der Waals surface area contributed by atoms with Crippen molar-refractivity contribution in [1.29, 1.82) is 0 Å². The van der Waals surface area contributed by atoms with E-state index in [-0.39, 0.29) is 6.79 Å². The van der Waals surface area contributed by atoms with Gasteiger partial charge in [-0.05, 0) is 35.5 Å². The van der Waals surface area contributed by atoms with Crippen molar-refractivity contribution in [3.05, 3.63) is 53.9 Å².